The van der Waals surface area contributed by atoms with Crippen molar-refractivity contribution < 1.29 is 32.9 Å². The maximum atomic E-state index is 14.5. The fourth-order valence-electron chi connectivity index (χ4n) is 3.17. The zero-order valence-corrected chi connectivity index (χ0v) is 15.9. The number of hydrogen-bond donors (Lipinski definition) is 0. The Labute approximate surface area is 160 Å². The van der Waals surface area contributed by atoms with Crippen molar-refractivity contribution >= 4 is 33.5 Å². The molecular formula is C21H19FO6. The van der Waals surface area contributed by atoms with E-state index >= 15 is 0 Å². The van der Waals surface area contributed by atoms with Gasteiger partial charge in [0.2, 0.25) is 0 Å². The molecule has 0 unspecified atom stereocenters. The Morgan fingerprint density at radius 3 is 2.36 bits per heavy atom. The zero-order valence-electron chi connectivity index (χ0n) is 15.9. The van der Waals surface area contributed by atoms with Crippen molar-refractivity contribution in [3.05, 3.63) is 41.7 Å². The summed E-state index contributed by atoms with van der Waals surface area (Å²) in [7, 11) is 2.89. The quantitative estimate of drug-likeness (QED) is 0.371. The second-order valence-electron chi connectivity index (χ2n) is 5.97. The van der Waals surface area contributed by atoms with Crippen LogP contribution in [0.1, 0.15) is 24.2 Å². The van der Waals surface area contributed by atoms with Gasteiger partial charge in [-0.3, -0.25) is 4.79 Å². The minimum absolute atomic E-state index is 0.109. The lowest BCUT2D eigenvalue weighted by molar-refractivity contribution is -0.131. The summed E-state index contributed by atoms with van der Waals surface area (Å²) in [5.74, 6) is -0.850. The molecule has 0 bridgehead atoms. The maximum Gasteiger partial charge on any atom is 0.338 e. The van der Waals surface area contributed by atoms with E-state index in [0.29, 0.717) is 21.9 Å². The molecule has 146 valence electrons. The summed E-state index contributed by atoms with van der Waals surface area (Å²) in [5.41, 5.74) is 0.176. The number of carbonyl (C=O) groups is 2. The third-order valence-electron chi connectivity index (χ3n) is 4.23. The van der Waals surface area contributed by atoms with Gasteiger partial charge >= 0.3 is 11.9 Å². The van der Waals surface area contributed by atoms with E-state index in [1.165, 1.54) is 39.3 Å². The number of esters is 2. The Hall–Kier alpha value is -3.35. The van der Waals surface area contributed by atoms with Crippen LogP contribution in [-0.4, -0.2) is 32.8 Å². The number of carbonyl (C=O) groups excluding carboxylic acids is 2. The zero-order chi connectivity index (χ0) is 20.4. The van der Waals surface area contributed by atoms with Crippen LogP contribution in [0.4, 0.5) is 4.39 Å². The van der Waals surface area contributed by atoms with E-state index in [1.807, 2.05) is 0 Å². The first-order valence-electron chi connectivity index (χ1n) is 8.57. The highest BCUT2D eigenvalue weighted by Gasteiger charge is 2.22. The summed E-state index contributed by atoms with van der Waals surface area (Å²) >= 11 is 0. The number of fused-ring (bicyclic) bond motifs is 2. The van der Waals surface area contributed by atoms with Gasteiger partial charge in [-0.05, 0) is 42.6 Å². The normalized spacial score (nSPS) is 10.8. The third-order valence-corrected chi connectivity index (χ3v) is 4.23. The standard InChI is InChI=1S/C21H19FO6/c1-5-27-21(24)13-8-12-9-14-15(22)6-7-16(25-3)19(14)20(26-4)18(12)17(10-13)28-11(2)23/h6-10H,5H2,1-4H3. The Bertz CT molecular complexity index is 1090. The SMILES string of the molecule is CCOC(=O)c1cc(OC(C)=O)c2c(OC)c3c(OC)ccc(F)c3cc2c1. The molecule has 0 atom stereocenters. The van der Waals surface area contributed by atoms with Crippen molar-refractivity contribution in [2.24, 2.45) is 0 Å². The van der Waals surface area contributed by atoms with Crippen molar-refractivity contribution in [2.45, 2.75) is 13.8 Å². The topological polar surface area (TPSA) is 71.1 Å². The molecule has 0 saturated carbocycles. The smallest absolute Gasteiger partial charge is 0.338 e. The number of benzene rings is 3. The average Bonchev–Trinajstić information content (AvgIpc) is 2.66. The minimum Gasteiger partial charge on any atom is -0.496 e. The lowest BCUT2D eigenvalue weighted by Gasteiger charge is -2.17. The van der Waals surface area contributed by atoms with E-state index in [4.69, 9.17) is 18.9 Å². The van der Waals surface area contributed by atoms with Gasteiger partial charge in [-0.15, -0.1) is 0 Å². The lowest BCUT2D eigenvalue weighted by atomic mass is 9.98. The van der Waals surface area contributed by atoms with Gasteiger partial charge < -0.3 is 18.9 Å². The van der Waals surface area contributed by atoms with E-state index < -0.39 is 17.8 Å². The number of ether oxygens (including phenoxy) is 4. The fourth-order valence-corrected chi connectivity index (χ4v) is 3.17. The van der Waals surface area contributed by atoms with Crippen molar-refractivity contribution in [3.8, 4) is 17.2 Å². The molecule has 0 heterocycles. The van der Waals surface area contributed by atoms with E-state index in [-0.39, 0.29) is 29.1 Å². The Kier molecular flexibility index (Phi) is 5.35. The predicted octanol–water partition coefficient (Wildman–Crippen LogP) is 4.25. The van der Waals surface area contributed by atoms with Crippen molar-refractivity contribution in [3.63, 3.8) is 0 Å². The van der Waals surface area contributed by atoms with Crippen LogP contribution < -0.4 is 14.2 Å². The van der Waals surface area contributed by atoms with Gasteiger partial charge in [0.25, 0.3) is 0 Å². The molecule has 0 radical (unpaired) electrons. The van der Waals surface area contributed by atoms with Crippen LogP contribution in [0.15, 0.2) is 30.3 Å². The van der Waals surface area contributed by atoms with Crippen LogP contribution in [0.3, 0.4) is 0 Å². The van der Waals surface area contributed by atoms with Gasteiger partial charge in [-0.1, -0.05) is 0 Å². The van der Waals surface area contributed by atoms with Gasteiger partial charge in [-0.25, -0.2) is 9.18 Å². The molecule has 0 amide bonds. The van der Waals surface area contributed by atoms with E-state index in [9.17, 15) is 14.0 Å². The molecule has 3 aromatic carbocycles. The first-order valence-corrected chi connectivity index (χ1v) is 8.57. The molecule has 0 aliphatic heterocycles. The molecule has 0 aliphatic carbocycles. The summed E-state index contributed by atoms with van der Waals surface area (Å²) in [6, 6.07) is 7.28. The molecule has 3 aromatic rings. The first kappa shape index (κ1) is 19.4. The summed E-state index contributed by atoms with van der Waals surface area (Å²) in [5, 5.41) is 1.52. The number of methoxy groups -OCH3 is 2. The van der Waals surface area contributed by atoms with Crippen molar-refractivity contribution in [2.75, 3.05) is 20.8 Å². The minimum atomic E-state index is -0.581. The highest BCUT2D eigenvalue weighted by Crippen LogP contribution is 2.45. The van der Waals surface area contributed by atoms with Crippen LogP contribution in [0, 0.1) is 5.82 Å². The largest absolute Gasteiger partial charge is 0.496 e. The van der Waals surface area contributed by atoms with Crippen LogP contribution in [-0.2, 0) is 9.53 Å². The van der Waals surface area contributed by atoms with E-state index in [2.05, 4.69) is 0 Å². The van der Waals surface area contributed by atoms with Gasteiger partial charge in [0.05, 0.1) is 37.2 Å². The Morgan fingerprint density at radius 2 is 1.75 bits per heavy atom. The van der Waals surface area contributed by atoms with Crippen molar-refractivity contribution in [1.82, 2.24) is 0 Å². The van der Waals surface area contributed by atoms with Gasteiger partial charge in [0, 0.05) is 12.3 Å². The van der Waals surface area contributed by atoms with Crippen LogP contribution in [0.25, 0.3) is 21.5 Å². The summed E-state index contributed by atoms with van der Waals surface area (Å²) in [6.45, 7) is 3.12. The molecule has 0 aromatic heterocycles. The first-order chi connectivity index (χ1) is 13.4. The van der Waals surface area contributed by atoms with E-state index in [1.54, 1.807) is 19.1 Å². The second kappa shape index (κ2) is 7.72. The lowest BCUT2D eigenvalue weighted by Crippen LogP contribution is -2.08. The van der Waals surface area contributed by atoms with Crippen LogP contribution in [0.5, 0.6) is 17.2 Å². The number of rotatable bonds is 5. The highest BCUT2D eigenvalue weighted by atomic mass is 19.1. The molecular weight excluding hydrogens is 367 g/mol. The Balaban J connectivity index is 2.48. The molecule has 3 rings (SSSR count). The third kappa shape index (κ3) is 3.31. The van der Waals surface area contributed by atoms with E-state index in [0.717, 1.165) is 0 Å². The predicted molar refractivity (Wildman–Crippen MR) is 102 cm³/mol. The molecule has 0 N–H and O–H groups in total. The molecule has 0 saturated heterocycles. The van der Waals surface area contributed by atoms with Crippen LogP contribution >= 0.6 is 0 Å². The number of hydrogen-bond acceptors (Lipinski definition) is 6. The van der Waals surface area contributed by atoms with Gasteiger partial charge in [-0.2, -0.15) is 0 Å². The monoisotopic (exact) mass is 386 g/mol. The van der Waals surface area contributed by atoms with Gasteiger partial charge in [0.15, 0.2) is 0 Å². The molecule has 28 heavy (non-hydrogen) atoms. The number of halogens is 1. The van der Waals surface area contributed by atoms with Gasteiger partial charge in [0.1, 0.15) is 23.1 Å². The summed E-state index contributed by atoms with van der Waals surface area (Å²) in [4.78, 5) is 23.9. The van der Waals surface area contributed by atoms with Crippen LogP contribution in [0.2, 0.25) is 0 Å². The Morgan fingerprint density at radius 1 is 1.00 bits per heavy atom. The molecule has 6 nitrogen and oxygen atoms in total. The molecule has 0 aliphatic rings. The average molecular weight is 386 g/mol. The fraction of sp³-hybridized carbons (Fsp3) is 0.238. The molecule has 7 heteroatoms. The second-order valence-corrected chi connectivity index (χ2v) is 5.97. The highest BCUT2D eigenvalue weighted by molar-refractivity contribution is 6.12. The molecule has 0 fully saturated rings. The summed E-state index contributed by atoms with van der Waals surface area (Å²) in [6.07, 6.45) is 0. The summed E-state index contributed by atoms with van der Waals surface area (Å²) < 4.78 is 35.8. The maximum absolute atomic E-state index is 14.5. The molecule has 0 spiro atoms. The van der Waals surface area contributed by atoms with Crippen molar-refractivity contribution in [1.29, 1.82) is 0 Å².